The number of thiazole rings is 1. The maximum absolute atomic E-state index is 12.7. The number of non-ortho nitro benzene ring substituents is 1. The Kier molecular flexibility index (Phi) is 5.36. The predicted octanol–water partition coefficient (Wildman–Crippen LogP) is 4.68. The molecule has 9 nitrogen and oxygen atoms in total. The minimum atomic E-state index is -3.92. The van der Waals surface area contributed by atoms with E-state index in [2.05, 4.69) is 15.6 Å². The topological polar surface area (TPSA) is 131 Å². The van der Waals surface area contributed by atoms with E-state index in [1.165, 1.54) is 0 Å². The molecule has 2 amide bonds. The van der Waals surface area contributed by atoms with E-state index in [0.29, 0.717) is 5.69 Å². The third kappa shape index (κ3) is 4.22. The average Bonchev–Trinajstić information content (AvgIpc) is 3.23. The number of benzene rings is 3. The number of rotatable bonds is 5. The Bertz CT molecular complexity index is 1390. The van der Waals surface area contributed by atoms with Crippen LogP contribution in [-0.4, -0.2) is 24.4 Å². The molecule has 0 aliphatic heterocycles. The number of sulfone groups is 1. The molecule has 0 saturated heterocycles. The second-order valence-electron chi connectivity index (χ2n) is 6.34. The molecule has 1 heterocycles. The van der Waals surface area contributed by atoms with Crippen molar-refractivity contribution in [2.75, 3.05) is 10.6 Å². The van der Waals surface area contributed by atoms with Crippen molar-refractivity contribution < 1.29 is 18.1 Å². The van der Waals surface area contributed by atoms with Gasteiger partial charge in [0.15, 0.2) is 5.13 Å². The minimum Gasteiger partial charge on any atom is -0.307 e. The van der Waals surface area contributed by atoms with Crippen LogP contribution in [0, 0.1) is 10.1 Å². The van der Waals surface area contributed by atoms with Gasteiger partial charge in [0.05, 0.1) is 21.7 Å². The zero-order valence-electron chi connectivity index (χ0n) is 15.7. The molecule has 0 fully saturated rings. The number of aromatic nitrogens is 1. The highest BCUT2D eigenvalue weighted by molar-refractivity contribution is 7.93. The quantitative estimate of drug-likeness (QED) is 0.332. The molecule has 4 aromatic rings. The van der Waals surface area contributed by atoms with E-state index in [4.69, 9.17) is 0 Å². The smallest absolute Gasteiger partial charge is 0.307 e. The number of nitro benzene ring substituents is 1. The number of fused-ring (bicyclic) bond motifs is 1. The summed E-state index contributed by atoms with van der Waals surface area (Å²) in [5, 5.41) is 17.9. The van der Waals surface area contributed by atoms with Crippen LogP contribution in [0.3, 0.4) is 0 Å². The zero-order valence-corrected chi connectivity index (χ0v) is 17.3. The Morgan fingerprint density at radius 2 is 1.68 bits per heavy atom. The van der Waals surface area contributed by atoms with Crippen LogP contribution in [0.1, 0.15) is 0 Å². The Balaban J connectivity index is 1.50. The molecule has 1 aromatic heterocycles. The van der Waals surface area contributed by atoms with Crippen molar-refractivity contribution in [1.82, 2.24) is 4.98 Å². The fourth-order valence-electron chi connectivity index (χ4n) is 2.89. The number of carbonyl (C=O) groups is 1. The summed E-state index contributed by atoms with van der Waals surface area (Å²) >= 11 is 0.783. The number of nitrogens with zero attached hydrogens (tertiary/aromatic N) is 2. The van der Waals surface area contributed by atoms with E-state index in [9.17, 15) is 23.3 Å². The largest absolute Gasteiger partial charge is 0.325 e. The number of hydrogen-bond donors (Lipinski definition) is 2. The number of amides is 2. The van der Waals surface area contributed by atoms with Crippen molar-refractivity contribution in [2.24, 2.45) is 0 Å². The summed E-state index contributed by atoms with van der Waals surface area (Å²) < 4.78 is 25.4. The van der Waals surface area contributed by atoms with E-state index in [0.717, 1.165) is 52.6 Å². The van der Waals surface area contributed by atoms with Gasteiger partial charge in [0, 0.05) is 17.5 Å². The number of anilines is 2. The van der Waals surface area contributed by atoms with E-state index in [-0.39, 0.29) is 19.9 Å². The van der Waals surface area contributed by atoms with Crippen molar-refractivity contribution in [2.45, 2.75) is 9.10 Å². The molecular formula is C20H14N4O5S2. The molecule has 0 unspecified atom stereocenters. The molecule has 0 aliphatic carbocycles. The Labute approximate surface area is 180 Å². The lowest BCUT2D eigenvalue weighted by atomic mass is 10.1. The summed E-state index contributed by atoms with van der Waals surface area (Å²) in [6.07, 6.45) is 1.13. The van der Waals surface area contributed by atoms with Gasteiger partial charge in [-0.25, -0.2) is 18.2 Å². The van der Waals surface area contributed by atoms with Gasteiger partial charge >= 0.3 is 6.03 Å². The van der Waals surface area contributed by atoms with Gasteiger partial charge in [-0.2, -0.15) is 0 Å². The van der Waals surface area contributed by atoms with Crippen LogP contribution in [0.5, 0.6) is 0 Å². The van der Waals surface area contributed by atoms with E-state index in [1.54, 1.807) is 6.07 Å². The third-order valence-corrected chi connectivity index (χ3v) is 7.51. The number of hydrogen-bond acceptors (Lipinski definition) is 7. The highest BCUT2D eigenvalue weighted by Crippen LogP contribution is 2.30. The summed E-state index contributed by atoms with van der Waals surface area (Å²) in [4.78, 5) is 26.4. The van der Waals surface area contributed by atoms with Gasteiger partial charge in [-0.15, -0.1) is 0 Å². The van der Waals surface area contributed by atoms with Crippen molar-refractivity contribution >= 4 is 54.5 Å². The molecule has 0 radical (unpaired) electrons. The van der Waals surface area contributed by atoms with Crippen LogP contribution >= 0.6 is 11.3 Å². The molecule has 11 heteroatoms. The second kappa shape index (κ2) is 8.13. The van der Waals surface area contributed by atoms with Crippen LogP contribution in [0.2, 0.25) is 0 Å². The van der Waals surface area contributed by atoms with Gasteiger partial charge < -0.3 is 5.32 Å². The maximum Gasteiger partial charge on any atom is 0.325 e. The fraction of sp³-hybridized carbons (Fsp3) is 0. The number of urea groups is 1. The molecule has 31 heavy (non-hydrogen) atoms. The molecule has 4 rings (SSSR count). The zero-order chi connectivity index (χ0) is 22.0. The first-order chi connectivity index (χ1) is 14.8. The summed E-state index contributed by atoms with van der Waals surface area (Å²) in [5.74, 6) is 0. The molecule has 2 N–H and O–H groups in total. The van der Waals surface area contributed by atoms with Gasteiger partial charge in [-0.05, 0) is 23.6 Å². The van der Waals surface area contributed by atoms with Crippen LogP contribution in [-0.2, 0) is 9.84 Å². The lowest BCUT2D eigenvalue weighted by Gasteiger charge is -2.08. The maximum atomic E-state index is 12.7. The van der Waals surface area contributed by atoms with Crippen LogP contribution in [0.25, 0.3) is 10.8 Å². The monoisotopic (exact) mass is 454 g/mol. The molecule has 0 spiro atoms. The summed E-state index contributed by atoms with van der Waals surface area (Å²) in [5.41, 5.74) is 0.390. The normalized spacial score (nSPS) is 11.2. The van der Waals surface area contributed by atoms with Crippen molar-refractivity contribution in [1.29, 1.82) is 0 Å². The van der Waals surface area contributed by atoms with Crippen molar-refractivity contribution in [3.63, 3.8) is 0 Å². The highest BCUT2D eigenvalue weighted by atomic mass is 32.2. The summed E-state index contributed by atoms with van der Waals surface area (Å²) in [7, 11) is -3.92. The Morgan fingerprint density at radius 3 is 2.42 bits per heavy atom. The SMILES string of the molecule is O=C(Nc1ncc(S(=O)(=O)c2ccc([N+](=O)[O-])cc2)s1)Nc1cccc2ccccc12. The van der Waals surface area contributed by atoms with E-state index >= 15 is 0 Å². The van der Waals surface area contributed by atoms with Gasteiger partial charge in [0.1, 0.15) is 4.21 Å². The Hall–Kier alpha value is -3.83. The van der Waals surface area contributed by atoms with Crippen molar-refractivity contribution in [3.05, 3.63) is 83.0 Å². The van der Waals surface area contributed by atoms with Gasteiger partial charge in [-0.1, -0.05) is 47.7 Å². The molecule has 0 atom stereocenters. The first-order valence-electron chi connectivity index (χ1n) is 8.86. The lowest BCUT2D eigenvalue weighted by molar-refractivity contribution is -0.384. The molecule has 0 saturated carbocycles. The molecule has 0 bridgehead atoms. The molecule has 0 aliphatic rings. The number of nitro groups is 1. The third-order valence-electron chi connectivity index (χ3n) is 4.37. The van der Waals surface area contributed by atoms with Crippen molar-refractivity contribution in [3.8, 4) is 0 Å². The lowest BCUT2D eigenvalue weighted by Crippen LogP contribution is -2.19. The van der Waals surface area contributed by atoms with E-state index in [1.807, 2.05) is 36.4 Å². The first-order valence-corrected chi connectivity index (χ1v) is 11.2. The van der Waals surface area contributed by atoms with Gasteiger partial charge in [0.25, 0.3) is 5.69 Å². The Morgan fingerprint density at radius 1 is 0.968 bits per heavy atom. The fourth-order valence-corrected chi connectivity index (χ4v) is 5.32. The number of carbonyl (C=O) groups excluding carboxylic acids is 1. The highest BCUT2D eigenvalue weighted by Gasteiger charge is 2.22. The number of nitrogens with one attached hydrogen (secondary N) is 2. The molecule has 156 valence electrons. The van der Waals surface area contributed by atoms with Crippen LogP contribution < -0.4 is 10.6 Å². The van der Waals surface area contributed by atoms with Crippen LogP contribution in [0.15, 0.2) is 82.0 Å². The summed E-state index contributed by atoms with van der Waals surface area (Å²) in [6.45, 7) is 0. The molecular weight excluding hydrogens is 440 g/mol. The second-order valence-corrected chi connectivity index (χ2v) is 9.55. The van der Waals surface area contributed by atoms with Gasteiger partial charge in [0.2, 0.25) is 9.84 Å². The summed E-state index contributed by atoms with van der Waals surface area (Å²) in [6, 6.07) is 17.0. The first kappa shape index (κ1) is 20.4. The minimum absolute atomic E-state index is 0.0955. The average molecular weight is 454 g/mol. The van der Waals surface area contributed by atoms with Crippen LogP contribution in [0.4, 0.5) is 21.3 Å². The predicted molar refractivity (Wildman–Crippen MR) is 117 cm³/mol. The standard InChI is InChI=1S/C20H14N4O5S2/c25-19(22-17-7-3-5-13-4-1-2-6-16(13)17)23-20-21-12-18(30-20)31(28,29)15-10-8-14(9-11-15)24(26)27/h1-12H,(H2,21,22,23,25). The molecule has 3 aromatic carbocycles. The van der Waals surface area contributed by atoms with E-state index < -0.39 is 20.8 Å². The van der Waals surface area contributed by atoms with Gasteiger partial charge in [-0.3, -0.25) is 15.4 Å².